The number of furan rings is 1. The molecule has 6 heteroatoms. The molecule has 0 spiro atoms. The second-order valence-electron chi connectivity index (χ2n) is 7.80. The van der Waals surface area contributed by atoms with Crippen LogP contribution in [0.2, 0.25) is 0 Å². The second kappa shape index (κ2) is 9.45. The third-order valence-corrected chi connectivity index (χ3v) is 6.02. The van der Waals surface area contributed by atoms with Crippen molar-refractivity contribution in [3.63, 3.8) is 0 Å². The summed E-state index contributed by atoms with van der Waals surface area (Å²) in [6, 6.07) is 28.9. The number of aryl methyl sites for hydroxylation is 1. The van der Waals surface area contributed by atoms with Crippen molar-refractivity contribution in [3.05, 3.63) is 112 Å². The molecular formula is C28H20BrN3O2. The molecule has 1 N–H and O–H groups in total. The molecule has 34 heavy (non-hydrogen) atoms. The molecule has 5 aromatic rings. The summed E-state index contributed by atoms with van der Waals surface area (Å²) in [6.07, 6.45) is 1.49. The summed E-state index contributed by atoms with van der Waals surface area (Å²) in [5.41, 5.74) is 7.67. The molecule has 0 fully saturated rings. The van der Waals surface area contributed by atoms with Gasteiger partial charge in [-0.3, -0.25) is 4.79 Å². The van der Waals surface area contributed by atoms with Gasteiger partial charge in [-0.25, -0.2) is 10.4 Å². The smallest absolute Gasteiger partial charge is 0.272 e. The number of carbonyl (C=O) groups excluding carboxylic acids is 1. The Labute approximate surface area is 205 Å². The van der Waals surface area contributed by atoms with E-state index in [1.54, 1.807) is 0 Å². The van der Waals surface area contributed by atoms with Gasteiger partial charge in [-0.2, -0.15) is 5.10 Å². The molecule has 1 amide bonds. The molecule has 0 saturated heterocycles. The van der Waals surface area contributed by atoms with Crippen LogP contribution in [0.1, 0.15) is 21.7 Å². The number of hydrogen-bond acceptors (Lipinski definition) is 4. The average molecular weight is 510 g/mol. The van der Waals surface area contributed by atoms with Crippen molar-refractivity contribution in [1.82, 2.24) is 10.4 Å². The quantitative estimate of drug-likeness (QED) is 0.205. The van der Waals surface area contributed by atoms with Crippen LogP contribution in [0.25, 0.3) is 33.5 Å². The Morgan fingerprint density at radius 3 is 2.56 bits per heavy atom. The molecule has 2 aromatic heterocycles. The van der Waals surface area contributed by atoms with Gasteiger partial charge in [0, 0.05) is 21.0 Å². The maximum atomic E-state index is 13.1. The van der Waals surface area contributed by atoms with Crippen LogP contribution in [-0.2, 0) is 0 Å². The van der Waals surface area contributed by atoms with Crippen LogP contribution in [0.4, 0.5) is 0 Å². The van der Waals surface area contributed by atoms with Crippen molar-refractivity contribution in [2.24, 2.45) is 5.10 Å². The van der Waals surface area contributed by atoms with E-state index in [0.29, 0.717) is 11.3 Å². The first kappa shape index (κ1) is 21.8. The predicted molar refractivity (Wildman–Crippen MR) is 139 cm³/mol. The Balaban J connectivity index is 1.40. The van der Waals surface area contributed by atoms with Crippen LogP contribution >= 0.6 is 15.9 Å². The highest BCUT2D eigenvalue weighted by Gasteiger charge is 2.14. The number of carbonyl (C=O) groups is 1. The van der Waals surface area contributed by atoms with E-state index in [1.165, 1.54) is 6.21 Å². The molecule has 0 aliphatic carbocycles. The van der Waals surface area contributed by atoms with Gasteiger partial charge < -0.3 is 4.42 Å². The monoisotopic (exact) mass is 509 g/mol. The van der Waals surface area contributed by atoms with Gasteiger partial charge >= 0.3 is 0 Å². The van der Waals surface area contributed by atoms with Gasteiger partial charge in [0.25, 0.3) is 5.91 Å². The van der Waals surface area contributed by atoms with Crippen LogP contribution in [0.3, 0.4) is 0 Å². The zero-order chi connectivity index (χ0) is 23.5. The molecule has 0 aliphatic rings. The maximum Gasteiger partial charge on any atom is 0.272 e. The standard InChI is InChI=1S/C28H20BrN3O2/c1-18-6-2-3-7-22(18)26-16-24(23-8-4-5-9-25(23)31-26)28(33)32-30-17-21-14-15-27(34-21)19-10-12-20(29)13-11-19/h2-17H,1H3,(H,32,33)/b30-17-. The SMILES string of the molecule is Cc1ccccc1-c1cc(C(=O)N/N=C\c2ccc(-c3ccc(Br)cc3)o2)c2ccccc2n1. The summed E-state index contributed by atoms with van der Waals surface area (Å²) in [7, 11) is 0. The number of aromatic nitrogens is 1. The third-order valence-electron chi connectivity index (χ3n) is 5.50. The molecule has 0 unspecified atom stereocenters. The first-order valence-electron chi connectivity index (χ1n) is 10.7. The molecule has 0 atom stereocenters. The van der Waals surface area contributed by atoms with Crippen molar-refractivity contribution in [1.29, 1.82) is 0 Å². The lowest BCUT2D eigenvalue weighted by Crippen LogP contribution is -2.18. The molecule has 0 bridgehead atoms. The van der Waals surface area contributed by atoms with E-state index in [9.17, 15) is 4.79 Å². The number of nitrogens with zero attached hydrogens (tertiary/aromatic N) is 2. The lowest BCUT2D eigenvalue weighted by Gasteiger charge is -2.10. The number of fused-ring (bicyclic) bond motifs is 1. The number of hydrazone groups is 1. The first-order chi connectivity index (χ1) is 16.6. The zero-order valence-corrected chi connectivity index (χ0v) is 19.9. The van der Waals surface area contributed by atoms with Crippen molar-refractivity contribution >= 4 is 39.0 Å². The summed E-state index contributed by atoms with van der Waals surface area (Å²) < 4.78 is 6.83. The molecule has 0 radical (unpaired) electrons. The van der Waals surface area contributed by atoms with E-state index in [1.807, 2.05) is 97.9 Å². The molecule has 5 rings (SSSR count). The lowest BCUT2D eigenvalue weighted by atomic mass is 10.0. The number of nitrogens with one attached hydrogen (secondary N) is 1. The highest BCUT2D eigenvalue weighted by molar-refractivity contribution is 9.10. The lowest BCUT2D eigenvalue weighted by molar-refractivity contribution is 0.0956. The fraction of sp³-hybridized carbons (Fsp3) is 0.0357. The van der Waals surface area contributed by atoms with Crippen molar-refractivity contribution in [3.8, 4) is 22.6 Å². The Morgan fingerprint density at radius 2 is 1.74 bits per heavy atom. The van der Waals surface area contributed by atoms with Gasteiger partial charge in [0.05, 0.1) is 23.0 Å². The fourth-order valence-electron chi connectivity index (χ4n) is 3.77. The van der Waals surface area contributed by atoms with Gasteiger partial charge in [0.1, 0.15) is 11.5 Å². The van der Waals surface area contributed by atoms with Gasteiger partial charge in [0.15, 0.2) is 0 Å². The summed E-state index contributed by atoms with van der Waals surface area (Å²) >= 11 is 3.43. The number of amides is 1. The Morgan fingerprint density at radius 1 is 0.971 bits per heavy atom. The zero-order valence-electron chi connectivity index (χ0n) is 18.3. The number of rotatable bonds is 5. The second-order valence-corrected chi connectivity index (χ2v) is 8.71. The van der Waals surface area contributed by atoms with Crippen LogP contribution < -0.4 is 5.43 Å². The number of benzene rings is 3. The van der Waals surface area contributed by atoms with Crippen LogP contribution in [0, 0.1) is 6.92 Å². The Bertz CT molecular complexity index is 1520. The van der Waals surface area contributed by atoms with E-state index in [-0.39, 0.29) is 5.91 Å². The first-order valence-corrected chi connectivity index (χ1v) is 11.5. The molecular weight excluding hydrogens is 490 g/mol. The summed E-state index contributed by atoms with van der Waals surface area (Å²) in [5.74, 6) is 0.950. The fourth-order valence-corrected chi connectivity index (χ4v) is 4.03. The van der Waals surface area contributed by atoms with Crippen LogP contribution in [0.5, 0.6) is 0 Å². The maximum absolute atomic E-state index is 13.1. The van der Waals surface area contributed by atoms with E-state index in [2.05, 4.69) is 26.5 Å². The average Bonchev–Trinajstić information content (AvgIpc) is 3.33. The van der Waals surface area contributed by atoms with Crippen molar-refractivity contribution in [2.45, 2.75) is 6.92 Å². The summed E-state index contributed by atoms with van der Waals surface area (Å²) in [6.45, 7) is 2.03. The molecule has 0 aliphatic heterocycles. The molecule has 166 valence electrons. The van der Waals surface area contributed by atoms with Crippen molar-refractivity contribution in [2.75, 3.05) is 0 Å². The molecule has 5 nitrogen and oxygen atoms in total. The normalized spacial score (nSPS) is 11.2. The number of halogens is 1. The van der Waals surface area contributed by atoms with Gasteiger partial charge in [-0.15, -0.1) is 0 Å². The van der Waals surface area contributed by atoms with E-state index in [0.717, 1.165) is 43.5 Å². The largest absolute Gasteiger partial charge is 0.455 e. The van der Waals surface area contributed by atoms with E-state index in [4.69, 9.17) is 9.40 Å². The van der Waals surface area contributed by atoms with Crippen LogP contribution in [0.15, 0.2) is 105 Å². The Hall–Kier alpha value is -4.03. The molecule has 2 heterocycles. The number of para-hydroxylation sites is 1. The highest BCUT2D eigenvalue weighted by Crippen LogP contribution is 2.27. The van der Waals surface area contributed by atoms with Crippen molar-refractivity contribution < 1.29 is 9.21 Å². The number of hydrogen-bond donors (Lipinski definition) is 1. The minimum Gasteiger partial charge on any atom is -0.455 e. The molecule has 0 saturated carbocycles. The predicted octanol–water partition coefficient (Wildman–Crippen LogP) is 7.00. The topological polar surface area (TPSA) is 67.5 Å². The third kappa shape index (κ3) is 4.54. The highest BCUT2D eigenvalue weighted by atomic mass is 79.9. The van der Waals surface area contributed by atoms with Gasteiger partial charge in [-0.05, 0) is 48.9 Å². The van der Waals surface area contributed by atoms with E-state index < -0.39 is 0 Å². The minimum absolute atomic E-state index is 0.315. The number of pyridine rings is 1. The van der Waals surface area contributed by atoms with Gasteiger partial charge in [-0.1, -0.05) is 70.5 Å². The Kier molecular flexibility index (Phi) is 6.06. The van der Waals surface area contributed by atoms with Crippen LogP contribution in [-0.4, -0.2) is 17.1 Å². The van der Waals surface area contributed by atoms with Gasteiger partial charge in [0.2, 0.25) is 0 Å². The molecule has 3 aromatic carbocycles. The minimum atomic E-state index is -0.315. The summed E-state index contributed by atoms with van der Waals surface area (Å²) in [4.78, 5) is 17.9. The van der Waals surface area contributed by atoms with E-state index >= 15 is 0 Å². The summed E-state index contributed by atoms with van der Waals surface area (Å²) in [5, 5.41) is 4.89.